The van der Waals surface area contributed by atoms with Crippen LogP contribution in [0.3, 0.4) is 0 Å². The molecule has 286 valence electrons. The van der Waals surface area contributed by atoms with Crippen molar-refractivity contribution in [1.82, 2.24) is 9.97 Å². The number of rotatable bonds is 10. The Bertz CT molecular complexity index is 2200. The van der Waals surface area contributed by atoms with Gasteiger partial charge in [-0.05, 0) is 85.5 Å². The molecule has 1 aliphatic heterocycles. The Kier molecular flexibility index (Phi) is 14.9. The molecule has 2 N–H and O–H groups in total. The van der Waals surface area contributed by atoms with Crippen molar-refractivity contribution in [2.24, 2.45) is 20.5 Å². The van der Waals surface area contributed by atoms with Crippen LogP contribution in [0.2, 0.25) is 0 Å². The molecule has 19 heteroatoms. The van der Waals surface area contributed by atoms with Gasteiger partial charge in [-0.3, -0.25) is 13.9 Å². The number of nitrogens with zero attached hydrogens (tertiary/aromatic N) is 8. The molecule has 15 nitrogen and oxygen atoms in total. The number of carbonyl (C=O) groups excluding carboxylic acids is 1. The van der Waals surface area contributed by atoms with Gasteiger partial charge >= 0.3 is 0 Å². The van der Waals surface area contributed by atoms with Gasteiger partial charge in [-0.1, -0.05) is 19.9 Å². The average molecular weight is 828 g/mol. The summed E-state index contributed by atoms with van der Waals surface area (Å²) < 4.78 is 66.7. The van der Waals surface area contributed by atoms with Crippen LogP contribution in [-0.2, 0) is 42.1 Å². The maximum absolute atomic E-state index is 12.0. The Morgan fingerprint density at radius 3 is 2.08 bits per heavy atom. The van der Waals surface area contributed by atoms with E-state index >= 15 is 0 Å². The number of pyridine rings is 2. The molecule has 0 amide bonds. The molecule has 2 aromatic carbocycles. The molecule has 4 aromatic rings. The van der Waals surface area contributed by atoms with Gasteiger partial charge in [0.2, 0.25) is 0 Å². The molecule has 0 bridgehead atoms. The van der Waals surface area contributed by atoms with Crippen molar-refractivity contribution < 1.29 is 47.2 Å². The average Bonchev–Trinajstić information content (AvgIpc) is 3.23. The molecule has 53 heavy (non-hydrogen) atoms. The van der Waals surface area contributed by atoms with Gasteiger partial charge in [-0.25, -0.2) is 9.97 Å². The number of hydrogen-bond donors (Lipinski definition) is 2. The molecular weight excluding hydrogens is 787 g/mol. The number of hydrogen-bond acceptors (Lipinski definition) is 14. The number of azo groups is 2. The summed E-state index contributed by atoms with van der Waals surface area (Å²) in [5.74, 6) is 0.511. The molecule has 1 aliphatic rings. The molecule has 0 unspecified atom stereocenters. The minimum absolute atomic E-state index is 0. The second-order valence-electron chi connectivity index (χ2n) is 12.4. The van der Waals surface area contributed by atoms with E-state index in [0.29, 0.717) is 23.4 Å². The SMILES string of the molecule is CCN1CCCC(C)(C)c2cc(N=Nc3ccccn3)c(S(=O)(=O)O)cc21.CSc1cc(N=Nc2cc(C=O)ccn2)c(S(=O)(=O)O)cc1N(C)C.[Ni]. The van der Waals surface area contributed by atoms with E-state index in [2.05, 4.69) is 49.2 Å². The minimum Gasteiger partial charge on any atom is -0.377 e. The Balaban J connectivity index is 0.000000281. The van der Waals surface area contributed by atoms with Gasteiger partial charge in [0.05, 0.1) is 5.69 Å². The molecule has 0 saturated heterocycles. The summed E-state index contributed by atoms with van der Waals surface area (Å²) in [7, 11) is -5.43. The number of anilines is 2. The van der Waals surface area contributed by atoms with Crippen LogP contribution < -0.4 is 9.80 Å². The Morgan fingerprint density at radius 1 is 0.887 bits per heavy atom. The normalized spacial score (nSPS) is 14.2. The summed E-state index contributed by atoms with van der Waals surface area (Å²) in [6, 6.07) is 14.2. The fourth-order valence-electron chi connectivity index (χ4n) is 5.46. The van der Waals surface area contributed by atoms with Gasteiger partial charge in [0.15, 0.2) is 11.6 Å². The third-order valence-electron chi connectivity index (χ3n) is 8.13. The van der Waals surface area contributed by atoms with Crippen molar-refractivity contribution in [1.29, 1.82) is 0 Å². The minimum atomic E-state index is -4.50. The third-order valence-corrected chi connectivity index (χ3v) is 10.7. The Hall–Kier alpha value is -4.13. The van der Waals surface area contributed by atoms with E-state index in [0.717, 1.165) is 42.1 Å². The predicted molar refractivity (Wildman–Crippen MR) is 201 cm³/mol. The largest absolute Gasteiger partial charge is 0.377 e. The molecule has 0 radical (unpaired) electrons. The van der Waals surface area contributed by atoms with Gasteiger partial charge in [0.25, 0.3) is 20.2 Å². The van der Waals surface area contributed by atoms with Crippen molar-refractivity contribution in [2.45, 2.75) is 53.7 Å². The second-order valence-corrected chi connectivity index (χ2v) is 16.0. The first-order valence-corrected chi connectivity index (χ1v) is 20.0. The van der Waals surface area contributed by atoms with Crippen molar-refractivity contribution in [3.63, 3.8) is 0 Å². The van der Waals surface area contributed by atoms with Crippen molar-refractivity contribution in [3.8, 4) is 0 Å². The van der Waals surface area contributed by atoms with Crippen LogP contribution in [0, 0.1) is 0 Å². The van der Waals surface area contributed by atoms with Gasteiger partial charge in [-0.2, -0.15) is 16.8 Å². The van der Waals surface area contributed by atoms with Gasteiger partial charge in [-0.15, -0.1) is 32.2 Å². The standard InChI is InChI=1S/C19H24N4O3S.C15H16N4O4S2.Ni/c1-4-23-11-7-9-19(2,3)14-12-15(17(13-16(14)23)27(24,25)26)21-22-18-8-5-6-10-20-18;1-19(2)12-8-14(25(21,22)23)11(7-13(12)24-3)17-18-15-6-10(9-20)4-5-16-15;/h5-6,8,10,12-13H,4,7,9,11H2,1-3H3,(H,24,25,26);4-9H,1-3H3,(H,21,22,23);. The number of carbonyl (C=O) groups is 1. The van der Waals surface area contributed by atoms with Crippen molar-refractivity contribution >= 4 is 72.7 Å². The number of thioether (sulfide) groups is 1. The molecule has 0 fully saturated rings. The Labute approximate surface area is 323 Å². The maximum Gasteiger partial charge on any atom is 0.296 e. The predicted octanol–water partition coefficient (Wildman–Crippen LogP) is 7.98. The number of aldehydes is 1. The monoisotopic (exact) mass is 826 g/mol. The summed E-state index contributed by atoms with van der Waals surface area (Å²) in [5.41, 5.74) is 2.77. The van der Waals surface area contributed by atoms with E-state index in [1.54, 1.807) is 49.5 Å². The third kappa shape index (κ3) is 11.2. The first-order chi connectivity index (χ1) is 24.5. The summed E-state index contributed by atoms with van der Waals surface area (Å²) in [6.45, 7) is 7.90. The summed E-state index contributed by atoms with van der Waals surface area (Å²) in [5, 5.41) is 15.9. The van der Waals surface area contributed by atoms with Crippen LogP contribution in [0.15, 0.2) is 102 Å². The zero-order valence-corrected chi connectivity index (χ0v) is 33.2. The van der Waals surface area contributed by atoms with Crippen molar-refractivity contribution in [3.05, 3.63) is 78.1 Å². The van der Waals surface area contributed by atoms with E-state index in [4.69, 9.17) is 0 Å². The van der Waals surface area contributed by atoms with E-state index in [1.807, 2.05) is 13.2 Å². The Morgan fingerprint density at radius 2 is 1.51 bits per heavy atom. The fraction of sp³-hybridized carbons (Fsp3) is 0.324. The van der Waals surface area contributed by atoms with Crippen molar-refractivity contribution in [2.75, 3.05) is 43.2 Å². The number of aromatic nitrogens is 2. The van der Waals surface area contributed by atoms with E-state index in [9.17, 15) is 30.7 Å². The summed E-state index contributed by atoms with van der Waals surface area (Å²) in [4.78, 5) is 22.8. The zero-order chi connectivity index (χ0) is 38.3. The molecule has 5 rings (SSSR count). The van der Waals surface area contributed by atoms with Crippen LogP contribution in [0.25, 0.3) is 0 Å². The van der Waals surface area contributed by atoms with Crippen LogP contribution >= 0.6 is 11.8 Å². The van der Waals surface area contributed by atoms with Crippen LogP contribution in [-0.4, -0.2) is 75.6 Å². The first kappa shape index (κ1) is 43.3. The molecule has 2 aromatic heterocycles. The maximum atomic E-state index is 12.0. The summed E-state index contributed by atoms with van der Waals surface area (Å²) in [6.07, 6.45) is 7.43. The number of fused-ring (bicyclic) bond motifs is 1. The zero-order valence-electron chi connectivity index (χ0n) is 29.8. The van der Waals surface area contributed by atoms with Gasteiger partial charge < -0.3 is 9.80 Å². The molecular formula is C34H40N8NiO7S3. The van der Waals surface area contributed by atoms with Crippen LogP contribution in [0.1, 0.15) is 49.5 Å². The fourth-order valence-corrected chi connectivity index (χ4v) is 7.39. The quantitative estimate of drug-likeness (QED) is 0.0513. The van der Waals surface area contributed by atoms with E-state index in [1.165, 1.54) is 48.3 Å². The molecule has 0 saturated carbocycles. The molecule has 0 atom stereocenters. The van der Waals surface area contributed by atoms with E-state index in [-0.39, 0.29) is 48.9 Å². The number of benzene rings is 2. The van der Waals surface area contributed by atoms with E-state index < -0.39 is 20.2 Å². The first-order valence-electron chi connectivity index (χ1n) is 15.9. The second kappa shape index (κ2) is 18.3. The topological polar surface area (TPSA) is 208 Å². The molecule has 3 heterocycles. The smallest absolute Gasteiger partial charge is 0.296 e. The molecule has 0 spiro atoms. The van der Waals surface area contributed by atoms with Crippen LogP contribution in [0.5, 0.6) is 0 Å². The molecule has 0 aliphatic carbocycles. The van der Waals surface area contributed by atoms with Gasteiger partial charge in [0, 0.05) is 72.2 Å². The van der Waals surface area contributed by atoms with Crippen LogP contribution in [0.4, 0.5) is 34.4 Å². The summed E-state index contributed by atoms with van der Waals surface area (Å²) >= 11 is 1.40. The van der Waals surface area contributed by atoms with Gasteiger partial charge in [0.1, 0.15) is 27.5 Å².